The number of hydrogen-bond acceptors (Lipinski definition) is 4. The van der Waals surface area contributed by atoms with Crippen LogP contribution in [0.25, 0.3) is 0 Å². The molecule has 0 radical (unpaired) electrons. The predicted molar refractivity (Wildman–Crippen MR) is 63.3 cm³/mol. The van der Waals surface area contributed by atoms with Gasteiger partial charge in [-0.25, -0.2) is 17.9 Å². The maximum Gasteiger partial charge on any atom is 0.339 e. The Balaban J connectivity index is 3.17. The third kappa shape index (κ3) is 3.28. The summed E-state index contributed by atoms with van der Waals surface area (Å²) >= 11 is 0. The largest absolute Gasteiger partial charge is 0.465 e. The van der Waals surface area contributed by atoms with Crippen molar-refractivity contribution in [3.8, 4) is 0 Å². The fraction of sp³-hybridized carbons (Fsp3) is 0.364. The summed E-state index contributed by atoms with van der Waals surface area (Å²) in [6.07, 6.45) is 0.680. The number of benzene rings is 1. The molecule has 1 aromatic rings. The molecule has 1 N–H and O–H groups in total. The molecule has 0 atom stereocenters. The van der Waals surface area contributed by atoms with Crippen molar-refractivity contribution in [3.63, 3.8) is 0 Å². The topological polar surface area (TPSA) is 72.5 Å². The first-order valence-corrected chi connectivity index (χ1v) is 6.68. The van der Waals surface area contributed by atoms with Gasteiger partial charge in [0.25, 0.3) is 0 Å². The first-order chi connectivity index (χ1) is 8.03. The molecule has 0 spiro atoms. The summed E-state index contributed by atoms with van der Waals surface area (Å²) in [4.78, 5) is 11.4. The van der Waals surface area contributed by atoms with Crippen LogP contribution in [0.2, 0.25) is 0 Å². The van der Waals surface area contributed by atoms with Gasteiger partial charge in [-0.05, 0) is 18.6 Å². The SMILES string of the molecule is CCCNS(=O)(=O)c1ccccc1C(=O)OC. The second-order valence-electron chi connectivity index (χ2n) is 3.39. The molecule has 1 rings (SSSR count). The van der Waals surface area contributed by atoms with Gasteiger partial charge in [0.1, 0.15) is 0 Å². The standard InChI is InChI=1S/C11H15NO4S/c1-3-8-12-17(14,15)10-7-5-4-6-9(10)11(13)16-2/h4-7,12H,3,8H2,1-2H3. The van der Waals surface area contributed by atoms with E-state index < -0.39 is 16.0 Å². The van der Waals surface area contributed by atoms with Crippen molar-refractivity contribution in [2.75, 3.05) is 13.7 Å². The minimum absolute atomic E-state index is 0.0404. The van der Waals surface area contributed by atoms with Crippen LogP contribution in [0.1, 0.15) is 23.7 Å². The molecule has 0 aliphatic heterocycles. The van der Waals surface area contributed by atoms with Crippen molar-refractivity contribution < 1.29 is 17.9 Å². The summed E-state index contributed by atoms with van der Waals surface area (Å²) in [5, 5.41) is 0. The van der Waals surface area contributed by atoms with Gasteiger partial charge in [0, 0.05) is 6.54 Å². The molecule has 6 heteroatoms. The molecule has 0 aromatic heterocycles. The van der Waals surface area contributed by atoms with E-state index >= 15 is 0 Å². The molecule has 0 fully saturated rings. The van der Waals surface area contributed by atoms with Crippen LogP contribution in [-0.2, 0) is 14.8 Å². The molecule has 17 heavy (non-hydrogen) atoms. The summed E-state index contributed by atoms with van der Waals surface area (Å²) in [6.45, 7) is 2.19. The normalized spacial score (nSPS) is 11.2. The van der Waals surface area contributed by atoms with Gasteiger partial charge in [0.2, 0.25) is 10.0 Å². The molecule has 0 heterocycles. The Hall–Kier alpha value is -1.40. The van der Waals surface area contributed by atoms with Gasteiger partial charge in [0.15, 0.2) is 0 Å². The molecular formula is C11H15NO4S. The second-order valence-corrected chi connectivity index (χ2v) is 5.12. The van der Waals surface area contributed by atoms with Crippen molar-refractivity contribution in [3.05, 3.63) is 29.8 Å². The highest BCUT2D eigenvalue weighted by Gasteiger charge is 2.21. The number of carbonyl (C=O) groups excluding carboxylic acids is 1. The fourth-order valence-electron chi connectivity index (χ4n) is 1.29. The lowest BCUT2D eigenvalue weighted by Gasteiger charge is -2.09. The fourth-order valence-corrected chi connectivity index (χ4v) is 2.62. The van der Waals surface area contributed by atoms with Crippen molar-refractivity contribution in [2.45, 2.75) is 18.2 Å². The van der Waals surface area contributed by atoms with E-state index in [1.165, 1.54) is 19.2 Å². The van der Waals surface area contributed by atoms with Crippen LogP contribution in [0.15, 0.2) is 29.2 Å². The van der Waals surface area contributed by atoms with E-state index in [1.54, 1.807) is 12.1 Å². The quantitative estimate of drug-likeness (QED) is 0.803. The van der Waals surface area contributed by atoms with Gasteiger partial charge < -0.3 is 4.74 Å². The molecule has 0 aliphatic carbocycles. The Morgan fingerprint density at radius 3 is 2.59 bits per heavy atom. The lowest BCUT2D eigenvalue weighted by molar-refractivity contribution is 0.0596. The molecule has 0 amide bonds. The van der Waals surface area contributed by atoms with Gasteiger partial charge in [-0.3, -0.25) is 0 Å². The molecule has 0 aliphatic rings. The summed E-state index contributed by atoms with van der Waals surface area (Å²) in [5.74, 6) is -0.664. The highest BCUT2D eigenvalue weighted by atomic mass is 32.2. The molecule has 0 unspecified atom stereocenters. The maximum absolute atomic E-state index is 11.9. The number of methoxy groups -OCH3 is 1. The number of sulfonamides is 1. The zero-order valence-corrected chi connectivity index (χ0v) is 10.6. The van der Waals surface area contributed by atoms with Crippen LogP contribution in [0.3, 0.4) is 0 Å². The molecule has 1 aromatic carbocycles. The minimum Gasteiger partial charge on any atom is -0.465 e. The lowest BCUT2D eigenvalue weighted by Crippen LogP contribution is -2.26. The molecular weight excluding hydrogens is 242 g/mol. The minimum atomic E-state index is -3.66. The van der Waals surface area contributed by atoms with Crippen molar-refractivity contribution in [2.24, 2.45) is 0 Å². The average Bonchev–Trinajstić information content (AvgIpc) is 2.35. The summed E-state index contributed by atoms with van der Waals surface area (Å²) in [5.41, 5.74) is 0.0404. The summed E-state index contributed by atoms with van der Waals surface area (Å²) in [6, 6.07) is 5.95. The number of esters is 1. The van der Waals surface area contributed by atoms with Crippen LogP contribution in [-0.4, -0.2) is 28.0 Å². The lowest BCUT2D eigenvalue weighted by atomic mass is 10.2. The molecule has 94 valence electrons. The van der Waals surface area contributed by atoms with Gasteiger partial charge in [0.05, 0.1) is 17.6 Å². The van der Waals surface area contributed by atoms with Crippen LogP contribution in [0, 0.1) is 0 Å². The smallest absolute Gasteiger partial charge is 0.339 e. The second kappa shape index (κ2) is 5.79. The molecule has 0 saturated carbocycles. The van der Waals surface area contributed by atoms with Crippen molar-refractivity contribution >= 4 is 16.0 Å². The monoisotopic (exact) mass is 257 g/mol. The first-order valence-electron chi connectivity index (χ1n) is 5.20. The van der Waals surface area contributed by atoms with Gasteiger partial charge >= 0.3 is 5.97 Å². The van der Waals surface area contributed by atoms with Gasteiger partial charge in [-0.2, -0.15) is 0 Å². The zero-order valence-electron chi connectivity index (χ0n) is 9.76. The van der Waals surface area contributed by atoms with E-state index in [9.17, 15) is 13.2 Å². The van der Waals surface area contributed by atoms with Gasteiger partial charge in [-0.1, -0.05) is 19.1 Å². The van der Waals surface area contributed by atoms with E-state index in [0.717, 1.165) is 0 Å². The number of nitrogens with one attached hydrogen (secondary N) is 1. The third-order valence-electron chi connectivity index (χ3n) is 2.12. The number of carbonyl (C=O) groups is 1. The Morgan fingerprint density at radius 1 is 1.35 bits per heavy atom. The molecule has 5 nitrogen and oxygen atoms in total. The Kier molecular flexibility index (Phi) is 4.65. The maximum atomic E-state index is 11.9. The van der Waals surface area contributed by atoms with Gasteiger partial charge in [-0.15, -0.1) is 0 Å². The zero-order chi connectivity index (χ0) is 12.9. The summed E-state index contributed by atoms with van der Waals surface area (Å²) < 4.78 is 30.8. The molecule has 0 saturated heterocycles. The van der Waals surface area contributed by atoms with Crippen LogP contribution in [0.5, 0.6) is 0 Å². The van der Waals surface area contributed by atoms with Crippen molar-refractivity contribution in [1.82, 2.24) is 4.72 Å². The highest BCUT2D eigenvalue weighted by molar-refractivity contribution is 7.89. The van der Waals surface area contributed by atoms with E-state index in [2.05, 4.69) is 9.46 Å². The molecule has 0 bridgehead atoms. The number of rotatable bonds is 5. The van der Waals surface area contributed by atoms with E-state index in [0.29, 0.717) is 13.0 Å². The van der Waals surface area contributed by atoms with Crippen LogP contribution < -0.4 is 4.72 Å². The Bertz CT molecular complexity index is 496. The number of hydrogen-bond donors (Lipinski definition) is 1. The average molecular weight is 257 g/mol. The van der Waals surface area contributed by atoms with E-state index in [4.69, 9.17) is 0 Å². The number of ether oxygens (including phenoxy) is 1. The van der Waals surface area contributed by atoms with Crippen molar-refractivity contribution in [1.29, 1.82) is 0 Å². The Labute approximate surface area is 101 Å². The third-order valence-corrected chi connectivity index (χ3v) is 3.64. The predicted octanol–water partition coefficient (Wildman–Crippen LogP) is 1.16. The van der Waals surface area contributed by atoms with Crippen LogP contribution >= 0.6 is 0 Å². The Morgan fingerprint density at radius 2 is 2.00 bits per heavy atom. The van der Waals surface area contributed by atoms with Crippen LogP contribution in [0.4, 0.5) is 0 Å². The first kappa shape index (κ1) is 13.7. The van der Waals surface area contributed by atoms with E-state index in [-0.39, 0.29) is 10.5 Å². The van der Waals surface area contributed by atoms with E-state index in [1.807, 2.05) is 6.92 Å². The summed E-state index contributed by atoms with van der Waals surface area (Å²) in [7, 11) is -2.45. The highest BCUT2D eigenvalue weighted by Crippen LogP contribution is 2.16.